The Morgan fingerprint density at radius 3 is 2.75 bits per heavy atom. The lowest BCUT2D eigenvalue weighted by atomic mass is 10.00. The molecule has 4 nitrogen and oxygen atoms in total. The third-order valence-corrected chi connectivity index (χ3v) is 4.92. The molecule has 0 saturated carbocycles. The van der Waals surface area contributed by atoms with Crippen LogP contribution >= 0.6 is 23.2 Å². The van der Waals surface area contributed by atoms with Crippen LogP contribution in [-0.2, 0) is 0 Å². The second kappa shape index (κ2) is 7.41. The van der Waals surface area contributed by atoms with E-state index in [0.29, 0.717) is 27.3 Å². The highest BCUT2D eigenvalue weighted by atomic mass is 35.5. The summed E-state index contributed by atoms with van der Waals surface area (Å²) in [4.78, 5) is 18.9. The first-order chi connectivity index (χ1) is 11.5. The Balaban J connectivity index is 1.68. The van der Waals surface area contributed by atoms with Crippen molar-refractivity contribution >= 4 is 40.5 Å². The van der Waals surface area contributed by atoms with Crippen molar-refractivity contribution in [2.45, 2.75) is 19.8 Å². The van der Waals surface area contributed by atoms with Crippen molar-refractivity contribution < 1.29 is 4.79 Å². The number of amides is 1. The van der Waals surface area contributed by atoms with Gasteiger partial charge in [-0.3, -0.25) is 4.79 Å². The van der Waals surface area contributed by atoms with E-state index >= 15 is 0 Å². The van der Waals surface area contributed by atoms with Crippen molar-refractivity contribution in [3.05, 3.63) is 52.3 Å². The van der Waals surface area contributed by atoms with Crippen LogP contribution in [0, 0.1) is 5.92 Å². The second-order valence-electron chi connectivity index (χ2n) is 6.18. The molecule has 126 valence electrons. The fourth-order valence-electron chi connectivity index (χ4n) is 2.90. The Morgan fingerprint density at radius 2 is 2.08 bits per heavy atom. The molecule has 2 heterocycles. The van der Waals surface area contributed by atoms with Crippen molar-refractivity contribution in [1.29, 1.82) is 0 Å². The number of carbonyl (C=O) groups is 1. The zero-order valence-corrected chi connectivity index (χ0v) is 14.9. The lowest BCUT2D eigenvalue weighted by Crippen LogP contribution is -2.34. The number of piperidine rings is 1. The van der Waals surface area contributed by atoms with Gasteiger partial charge in [-0.15, -0.1) is 0 Å². The Kier molecular flexibility index (Phi) is 5.27. The minimum absolute atomic E-state index is 0.271. The summed E-state index contributed by atoms with van der Waals surface area (Å²) in [6.45, 7) is 4.34. The maximum absolute atomic E-state index is 12.3. The number of pyridine rings is 1. The van der Waals surface area contributed by atoms with Gasteiger partial charge in [-0.05, 0) is 49.1 Å². The van der Waals surface area contributed by atoms with E-state index < -0.39 is 0 Å². The molecule has 1 aromatic heterocycles. The molecule has 2 aromatic rings. The number of benzene rings is 1. The van der Waals surface area contributed by atoms with Gasteiger partial charge in [0.2, 0.25) is 0 Å². The van der Waals surface area contributed by atoms with Crippen molar-refractivity contribution in [2.24, 2.45) is 5.92 Å². The lowest BCUT2D eigenvalue weighted by molar-refractivity contribution is 0.102. The largest absolute Gasteiger partial charge is 0.370 e. The van der Waals surface area contributed by atoms with E-state index in [9.17, 15) is 4.79 Å². The predicted octanol–water partition coefficient (Wildman–Crippen LogP) is 4.88. The van der Waals surface area contributed by atoms with Gasteiger partial charge in [-0.1, -0.05) is 30.1 Å². The van der Waals surface area contributed by atoms with Crippen LogP contribution in [0.3, 0.4) is 0 Å². The highest BCUT2D eigenvalue weighted by molar-refractivity contribution is 6.42. The van der Waals surface area contributed by atoms with E-state index in [1.165, 1.54) is 12.8 Å². The highest BCUT2D eigenvalue weighted by Crippen LogP contribution is 2.25. The molecule has 0 spiro atoms. The zero-order chi connectivity index (χ0) is 17.1. The first kappa shape index (κ1) is 17.1. The summed E-state index contributed by atoms with van der Waals surface area (Å²) < 4.78 is 0. The Labute approximate surface area is 151 Å². The van der Waals surface area contributed by atoms with Gasteiger partial charge in [0.05, 0.1) is 21.9 Å². The fraction of sp³-hybridized carbons (Fsp3) is 0.333. The number of halogens is 2. The minimum Gasteiger partial charge on any atom is -0.370 e. The summed E-state index contributed by atoms with van der Waals surface area (Å²) in [7, 11) is 0. The minimum atomic E-state index is -0.271. The van der Waals surface area contributed by atoms with Crippen molar-refractivity contribution in [3.8, 4) is 0 Å². The third-order valence-electron chi connectivity index (χ3n) is 4.18. The lowest BCUT2D eigenvalue weighted by Gasteiger charge is -2.32. The molecule has 1 fully saturated rings. The van der Waals surface area contributed by atoms with E-state index in [2.05, 4.69) is 22.1 Å². The summed E-state index contributed by atoms with van der Waals surface area (Å²) in [6, 6.07) is 8.67. The number of hydrogen-bond acceptors (Lipinski definition) is 3. The molecule has 1 saturated heterocycles. The summed E-state index contributed by atoms with van der Waals surface area (Å²) in [5.41, 5.74) is 2.02. The van der Waals surface area contributed by atoms with Crippen LogP contribution in [0.25, 0.3) is 0 Å². The smallest absolute Gasteiger partial charge is 0.274 e. The monoisotopic (exact) mass is 363 g/mol. The molecule has 6 heteroatoms. The molecule has 1 aromatic carbocycles. The van der Waals surface area contributed by atoms with Gasteiger partial charge < -0.3 is 10.2 Å². The summed E-state index contributed by atoms with van der Waals surface area (Å²) in [5.74, 6) is 0.420. The maximum Gasteiger partial charge on any atom is 0.274 e. The van der Waals surface area contributed by atoms with Crippen molar-refractivity contribution in [3.63, 3.8) is 0 Å². The molecule has 3 rings (SSSR count). The van der Waals surface area contributed by atoms with Crippen molar-refractivity contribution in [2.75, 3.05) is 23.3 Å². The van der Waals surface area contributed by atoms with E-state index in [-0.39, 0.29) is 5.91 Å². The number of hydrogen-bond donors (Lipinski definition) is 1. The molecule has 1 unspecified atom stereocenters. The molecule has 0 bridgehead atoms. The zero-order valence-electron chi connectivity index (χ0n) is 13.4. The average molecular weight is 364 g/mol. The Bertz CT molecular complexity index is 734. The van der Waals surface area contributed by atoms with E-state index in [1.807, 2.05) is 6.07 Å². The Morgan fingerprint density at radius 1 is 1.25 bits per heavy atom. The molecule has 0 radical (unpaired) electrons. The fourth-order valence-corrected chi connectivity index (χ4v) is 3.20. The van der Waals surface area contributed by atoms with Gasteiger partial charge in [-0.2, -0.15) is 0 Å². The molecule has 24 heavy (non-hydrogen) atoms. The highest BCUT2D eigenvalue weighted by Gasteiger charge is 2.17. The van der Waals surface area contributed by atoms with E-state index in [0.717, 1.165) is 18.8 Å². The SMILES string of the molecule is CC1CCCN(c2ccc(C(=O)Nc3ccc(Cl)c(Cl)c3)nc2)C1. The predicted molar refractivity (Wildman–Crippen MR) is 99.3 cm³/mol. The van der Waals surface area contributed by atoms with Crippen LogP contribution in [0.1, 0.15) is 30.3 Å². The standard InChI is InChI=1S/C18H19Cl2N3O/c1-12-3-2-8-23(11-12)14-5-7-17(21-10-14)18(24)22-13-4-6-15(19)16(20)9-13/h4-7,9-10,12H,2-3,8,11H2,1H3,(H,22,24). The first-order valence-electron chi connectivity index (χ1n) is 8.00. The molecule has 0 aliphatic carbocycles. The van der Waals surface area contributed by atoms with Crippen LogP contribution < -0.4 is 10.2 Å². The topological polar surface area (TPSA) is 45.2 Å². The van der Waals surface area contributed by atoms with Crippen LogP contribution in [0.15, 0.2) is 36.5 Å². The van der Waals surface area contributed by atoms with E-state index in [4.69, 9.17) is 23.2 Å². The molecule has 1 amide bonds. The number of rotatable bonds is 3. The van der Waals surface area contributed by atoms with Gasteiger partial charge in [0.15, 0.2) is 0 Å². The van der Waals surface area contributed by atoms with Gasteiger partial charge in [-0.25, -0.2) is 4.98 Å². The van der Waals surface area contributed by atoms with Crippen LogP contribution in [-0.4, -0.2) is 24.0 Å². The van der Waals surface area contributed by atoms with Crippen LogP contribution in [0.5, 0.6) is 0 Å². The summed E-state index contributed by atoms with van der Waals surface area (Å²) >= 11 is 11.8. The van der Waals surface area contributed by atoms with Crippen molar-refractivity contribution in [1.82, 2.24) is 4.98 Å². The van der Waals surface area contributed by atoms with Crippen LogP contribution in [0.2, 0.25) is 10.0 Å². The maximum atomic E-state index is 12.3. The number of anilines is 2. The second-order valence-corrected chi connectivity index (χ2v) is 6.99. The molecule has 1 atom stereocenters. The third kappa shape index (κ3) is 4.00. The number of nitrogens with one attached hydrogen (secondary N) is 1. The van der Waals surface area contributed by atoms with Gasteiger partial charge in [0, 0.05) is 18.8 Å². The summed E-state index contributed by atoms with van der Waals surface area (Å²) in [6.07, 6.45) is 4.23. The summed E-state index contributed by atoms with van der Waals surface area (Å²) in [5, 5.41) is 3.63. The molecule has 1 aliphatic rings. The molecule has 1 aliphatic heterocycles. The quantitative estimate of drug-likeness (QED) is 0.845. The van der Waals surface area contributed by atoms with E-state index in [1.54, 1.807) is 30.5 Å². The number of nitrogens with zero attached hydrogens (tertiary/aromatic N) is 2. The first-order valence-corrected chi connectivity index (χ1v) is 8.76. The molecular weight excluding hydrogens is 345 g/mol. The normalized spacial score (nSPS) is 17.6. The average Bonchev–Trinajstić information content (AvgIpc) is 2.58. The van der Waals surface area contributed by atoms with Gasteiger partial charge in [0.25, 0.3) is 5.91 Å². The van der Waals surface area contributed by atoms with Gasteiger partial charge in [0.1, 0.15) is 5.69 Å². The van der Waals surface area contributed by atoms with Gasteiger partial charge >= 0.3 is 0 Å². The van der Waals surface area contributed by atoms with Crippen LogP contribution in [0.4, 0.5) is 11.4 Å². The number of aromatic nitrogens is 1. The molecular formula is C18H19Cl2N3O. The number of carbonyl (C=O) groups excluding carboxylic acids is 1. The Hall–Kier alpha value is -1.78. The molecule has 1 N–H and O–H groups in total.